The molecule has 3 amide bonds. The van der Waals surface area contributed by atoms with E-state index in [-0.39, 0.29) is 12.0 Å². The number of hydrogen-bond acceptors (Lipinski definition) is 5. The van der Waals surface area contributed by atoms with Gasteiger partial charge in [0.2, 0.25) is 11.8 Å². The second-order valence-corrected chi connectivity index (χ2v) is 7.49. The third kappa shape index (κ3) is 7.79. The minimum absolute atomic E-state index is 0.191. The maximum absolute atomic E-state index is 14.0. The summed E-state index contributed by atoms with van der Waals surface area (Å²) < 4.78 is 14.0. The van der Waals surface area contributed by atoms with Gasteiger partial charge in [0, 0.05) is 24.3 Å². The summed E-state index contributed by atoms with van der Waals surface area (Å²) in [5, 5.41) is 12.4. The second-order valence-electron chi connectivity index (χ2n) is 7.25. The van der Waals surface area contributed by atoms with Crippen LogP contribution < -0.4 is 10.8 Å². The Morgan fingerprint density at radius 3 is 2.34 bits per heavy atom. The lowest BCUT2D eigenvalue weighted by molar-refractivity contribution is -0.129. The van der Waals surface area contributed by atoms with E-state index < -0.39 is 23.5 Å². The molecule has 0 radical (unpaired) electrons. The zero-order chi connectivity index (χ0) is 23.5. The third-order valence-electron chi connectivity index (χ3n) is 4.75. The smallest absolute Gasteiger partial charge is 0.258 e. The molecule has 3 N–H and O–H groups in total. The Bertz CT molecular complexity index is 1020. The van der Waals surface area contributed by atoms with Gasteiger partial charge < -0.3 is 0 Å². The van der Waals surface area contributed by atoms with Gasteiger partial charge in [-0.15, -0.1) is 0 Å². The average molecular weight is 457 g/mol. The summed E-state index contributed by atoms with van der Waals surface area (Å²) in [6.07, 6.45) is 4.21. The maximum atomic E-state index is 14.0. The van der Waals surface area contributed by atoms with Crippen LogP contribution in [-0.4, -0.2) is 28.3 Å². The molecule has 0 aliphatic carbocycles. The van der Waals surface area contributed by atoms with Crippen LogP contribution in [0.15, 0.2) is 42.5 Å². The van der Waals surface area contributed by atoms with Crippen molar-refractivity contribution in [2.75, 3.05) is 0 Å². The highest BCUT2D eigenvalue weighted by Crippen LogP contribution is 2.25. The Labute approximate surface area is 191 Å². The Kier molecular flexibility index (Phi) is 9.84. The highest BCUT2D eigenvalue weighted by Gasteiger charge is 2.17. The van der Waals surface area contributed by atoms with Gasteiger partial charge in [-0.25, -0.2) is 9.87 Å². The van der Waals surface area contributed by atoms with Gasteiger partial charge in [0.05, 0.1) is 0 Å². The van der Waals surface area contributed by atoms with Crippen molar-refractivity contribution in [1.29, 1.82) is 0 Å². The molecular formula is C24H25FN2O4S. The number of amides is 3. The third-order valence-corrected chi connectivity index (χ3v) is 5.02. The molecule has 0 unspecified atom stereocenters. The van der Waals surface area contributed by atoms with Gasteiger partial charge >= 0.3 is 0 Å². The van der Waals surface area contributed by atoms with E-state index >= 15 is 0 Å². The lowest BCUT2D eigenvalue weighted by Crippen LogP contribution is -2.29. The van der Waals surface area contributed by atoms with Crippen LogP contribution >= 0.6 is 12.2 Å². The minimum atomic E-state index is -0.580. The van der Waals surface area contributed by atoms with Crippen LogP contribution in [-0.2, 0) is 20.8 Å². The maximum Gasteiger partial charge on any atom is 0.258 e. The number of benzene rings is 2. The van der Waals surface area contributed by atoms with Crippen LogP contribution in [0.4, 0.5) is 4.39 Å². The molecule has 2 aromatic rings. The Morgan fingerprint density at radius 1 is 1.03 bits per heavy atom. The number of unbranched alkanes of at least 4 members (excludes halogenated alkanes) is 2. The summed E-state index contributed by atoms with van der Waals surface area (Å²) in [6, 6.07) is 11.4. The summed E-state index contributed by atoms with van der Waals surface area (Å²) in [6.45, 7) is 1.25. The summed E-state index contributed by atoms with van der Waals surface area (Å²) in [4.78, 5) is 35.4. The summed E-state index contributed by atoms with van der Waals surface area (Å²) in [7, 11) is 0. The van der Waals surface area contributed by atoms with E-state index in [0.29, 0.717) is 36.8 Å². The van der Waals surface area contributed by atoms with Crippen molar-refractivity contribution < 1.29 is 24.0 Å². The molecule has 168 valence electrons. The van der Waals surface area contributed by atoms with E-state index in [4.69, 9.17) is 17.4 Å². The minimum Gasteiger partial charge on any atom is -0.293 e. The van der Waals surface area contributed by atoms with E-state index in [0.717, 1.165) is 11.1 Å². The predicted molar refractivity (Wildman–Crippen MR) is 124 cm³/mol. The number of carbonyl (C=O) groups excluding carboxylic acids is 3. The Morgan fingerprint density at radius 2 is 1.72 bits per heavy atom. The number of carbonyl (C=O) groups is 3. The fourth-order valence-electron chi connectivity index (χ4n) is 3.20. The standard InChI is InChI=1S/C24H25FN2O4S/c1-16(28)26-24(30)22(13-17-7-9-18(15-32)10-8-17)21-12-11-20(25)14-19(21)5-3-2-4-6-23(29)27-31/h7-15,31H,2-6H2,1H3,(H,27,29)(H,26,28,30)/b22-13-. The molecule has 0 spiro atoms. The monoisotopic (exact) mass is 456 g/mol. The number of imide groups is 1. The fraction of sp³-hybridized carbons (Fsp3) is 0.250. The van der Waals surface area contributed by atoms with Crippen molar-refractivity contribution in [3.63, 3.8) is 0 Å². The highest BCUT2D eigenvalue weighted by molar-refractivity contribution is 7.79. The van der Waals surface area contributed by atoms with Gasteiger partial charge in [0.25, 0.3) is 5.91 Å². The molecule has 0 atom stereocenters. The number of thiocarbonyl (C=S) groups is 1. The molecule has 0 fully saturated rings. The first kappa shape index (κ1) is 25.0. The zero-order valence-corrected chi connectivity index (χ0v) is 18.5. The Balaban J connectivity index is 2.34. The SMILES string of the molecule is CC(=O)NC(=O)/C(=C\c1ccc(C=S)cc1)c1ccc(F)cc1CCCCCC(=O)NO. The van der Waals surface area contributed by atoms with Gasteiger partial charge in [-0.3, -0.25) is 24.9 Å². The van der Waals surface area contributed by atoms with Crippen molar-refractivity contribution >= 4 is 47.0 Å². The number of hydrogen-bond donors (Lipinski definition) is 3. The van der Waals surface area contributed by atoms with E-state index in [2.05, 4.69) is 5.32 Å². The Hall–Kier alpha value is -3.23. The first-order valence-electron chi connectivity index (χ1n) is 10.1. The zero-order valence-electron chi connectivity index (χ0n) is 17.7. The van der Waals surface area contributed by atoms with E-state index in [9.17, 15) is 18.8 Å². The summed E-state index contributed by atoms with van der Waals surface area (Å²) in [5.74, 6) is -1.96. The molecule has 0 bridgehead atoms. The van der Waals surface area contributed by atoms with E-state index in [1.54, 1.807) is 29.1 Å². The van der Waals surface area contributed by atoms with Crippen molar-refractivity contribution in [2.45, 2.75) is 39.0 Å². The number of hydroxylamine groups is 1. The molecule has 0 aliphatic rings. The van der Waals surface area contributed by atoms with Gasteiger partial charge in [-0.05, 0) is 59.7 Å². The first-order valence-corrected chi connectivity index (χ1v) is 10.6. The predicted octanol–water partition coefficient (Wildman–Crippen LogP) is 3.99. The number of halogens is 1. The van der Waals surface area contributed by atoms with Crippen LogP contribution in [0, 0.1) is 5.82 Å². The van der Waals surface area contributed by atoms with Gasteiger partial charge in [-0.1, -0.05) is 49.0 Å². The van der Waals surface area contributed by atoms with Crippen molar-refractivity contribution in [3.05, 3.63) is 70.5 Å². The molecule has 0 aliphatic heterocycles. The van der Waals surface area contributed by atoms with Crippen LogP contribution in [0.5, 0.6) is 0 Å². The number of nitrogens with one attached hydrogen (secondary N) is 2. The van der Waals surface area contributed by atoms with Crippen LogP contribution in [0.25, 0.3) is 11.6 Å². The second kappa shape index (κ2) is 12.6. The number of rotatable bonds is 10. The van der Waals surface area contributed by atoms with Crippen LogP contribution in [0.3, 0.4) is 0 Å². The van der Waals surface area contributed by atoms with Crippen molar-refractivity contribution in [2.24, 2.45) is 0 Å². The molecule has 32 heavy (non-hydrogen) atoms. The average Bonchev–Trinajstić information content (AvgIpc) is 2.77. The molecule has 8 heteroatoms. The van der Waals surface area contributed by atoms with Gasteiger partial charge in [0.15, 0.2) is 0 Å². The fourth-order valence-corrected chi connectivity index (χ4v) is 3.35. The topological polar surface area (TPSA) is 95.5 Å². The van der Waals surface area contributed by atoms with Crippen LogP contribution in [0.1, 0.15) is 54.9 Å². The largest absolute Gasteiger partial charge is 0.293 e. The quantitative estimate of drug-likeness (QED) is 0.126. The summed E-state index contributed by atoms with van der Waals surface area (Å²) in [5.41, 5.74) is 4.55. The van der Waals surface area contributed by atoms with E-state index in [1.807, 2.05) is 12.1 Å². The lowest BCUT2D eigenvalue weighted by atomic mass is 9.93. The highest BCUT2D eigenvalue weighted by atomic mass is 32.1. The molecule has 6 nitrogen and oxygen atoms in total. The molecule has 0 heterocycles. The molecule has 0 aromatic heterocycles. The molecule has 0 saturated heterocycles. The lowest BCUT2D eigenvalue weighted by Gasteiger charge is -2.14. The molecular weight excluding hydrogens is 431 g/mol. The van der Waals surface area contributed by atoms with Crippen LogP contribution in [0.2, 0.25) is 0 Å². The van der Waals surface area contributed by atoms with E-state index in [1.165, 1.54) is 25.1 Å². The van der Waals surface area contributed by atoms with Gasteiger partial charge in [0.1, 0.15) is 5.82 Å². The normalized spacial score (nSPS) is 11.0. The molecule has 0 saturated carbocycles. The first-order chi connectivity index (χ1) is 15.3. The molecule has 2 aromatic carbocycles. The van der Waals surface area contributed by atoms with Gasteiger partial charge in [-0.2, -0.15) is 0 Å². The van der Waals surface area contributed by atoms with Crippen molar-refractivity contribution in [1.82, 2.24) is 10.8 Å². The van der Waals surface area contributed by atoms with Crippen molar-refractivity contribution in [3.8, 4) is 0 Å². The summed E-state index contributed by atoms with van der Waals surface area (Å²) >= 11 is 4.91. The number of aryl methyl sites for hydroxylation is 1. The molecule has 2 rings (SSSR count).